The van der Waals surface area contributed by atoms with Gasteiger partial charge in [-0.2, -0.15) is 0 Å². The molecule has 7 heteroatoms. The van der Waals surface area contributed by atoms with Gasteiger partial charge in [-0.3, -0.25) is 14.4 Å². The largest absolute Gasteiger partial charge is 0.480 e. The second kappa shape index (κ2) is 10.6. The first-order chi connectivity index (χ1) is 14.1. The topological polar surface area (TPSA) is 90.0 Å². The van der Waals surface area contributed by atoms with E-state index in [0.717, 1.165) is 37.0 Å². The molecule has 166 valence electrons. The minimum Gasteiger partial charge on any atom is -0.480 e. The minimum absolute atomic E-state index is 0.0251. The number of likely N-dealkylation sites (N-methyl/N-ethyl adjacent to an activating group) is 2. The Morgan fingerprint density at radius 3 is 2.37 bits per heavy atom. The van der Waals surface area contributed by atoms with E-state index in [9.17, 15) is 14.4 Å². The average Bonchev–Trinajstić information content (AvgIpc) is 2.67. The van der Waals surface area contributed by atoms with Crippen molar-refractivity contribution in [1.82, 2.24) is 15.1 Å². The first-order valence-corrected chi connectivity index (χ1v) is 10.6. The molecular weight excluding hydrogens is 382 g/mol. The lowest BCUT2D eigenvalue weighted by atomic mass is 9.74. The van der Waals surface area contributed by atoms with Crippen LogP contribution in [0.2, 0.25) is 0 Å². The molecular formula is C23H35N3O4. The van der Waals surface area contributed by atoms with Crippen LogP contribution >= 0.6 is 0 Å². The van der Waals surface area contributed by atoms with Crippen LogP contribution in [0.1, 0.15) is 49.7 Å². The summed E-state index contributed by atoms with van der Waals surface area (Å²) in [7, 11) is 5.70. The molecule has 7 nitrogen and oxygen atoms in total. The highest BCUT2D eigenvalue weighted by molar-refractivity contribution is 5.85. The Kier molecular flexibility index (Phi) is 8.41. The standard InChI is InChI=1S/C23H35N3O4/c1-17-6-5-7-18(14-17)15-23(25(2)3)12-10-19(11-13-23)24-20(27)8-9-21(28)26(4)16-22(29)30/h5-7,14,19H,8-13,15-16H2,1-4H3,(H,24,27)(H,29,30). The molecule has 0 radical (unpaired) electrons. The summed E-state index contributed by atoms with van der Waals surface area (Å²) in [4.78, 5) is 38.3. The number of aliphatic carboxylic acids is 1. The molecule has 2 rings (SSSR count). The van der Waals surface area contributed by atoms with Crippen molar-refractivity contribution in [3.05, 3.63) is 35.4 Å². The first kappa shape index (κ1) is 23.9. The molecule has 1 aromatic rings. The molecule has 0 atom stereocenters. The molecule has 1 fully saturated rings. The number of carbonyl (C=O) groups is 3. The molecule has 0 unspecified atom stereocenters. The number of carboxylic acid groups (broad SMARTS) is 1. The van der Waals surface area contributed by atoms with E-state index in [4.69, 9.17) is 5.11 Å². The molecule has 2 N–H and O–H groups in total. The third kappa shape index (κ3) is 6.83. The lowest BCUT2D eigenvalue weighted by molar-refractivity contribution is -0.143. The van der Waals surface area contributed by atoms with Crippen LogP contribution < -0.4 is 5.32 Å². The van der Waals surface area contributed by atoms with Gasteiger partial charge < -0.3 is 20.2 Å². The van der Waals surface area contributed by atoms with Crippen LogP contribution in [-0.4, -0.2) is 72.0 Å². The van der Waals surface area contributed by atoms with Gasteiger partial charge >= 0.3 is 5.97 Å². The van der Waals surface area contributed by atoms with Crippen molar-refractivity contribution in [3.8, 4) is 0 Å². The summed E-state index contributed by atoms with van der Waals surface area (Å²) in [5.41, 5.74) is 2.70. The van der Waals surface area contributed by atoms with E-state index in [0.29, 0.717) is 0 Å². The molecule has 1 aliphatic rings. The Labute approximate surface area is 179 Å². The number of amides is 2. The van der Waals surface area contributed by atoms with Gasteiger partial charge in [-0.25, -0.2) is 0 Å². The number of carboxylic acids is 1. The summed E-state index contributed by atoms with van der Waals surface area (Å²) in [5, 5.41) is 11.8. The van der Waals surface area contributed by atoms with Crippen molar-refractivity contribution in [2.24, 2.45) is 0 Å². The van der Waals surface area contributed by atoms with Gasteiger partial charge in [-0.15, -0.1) is 0 Å². The summed E-state index contributed by atoms with van der Waals surface area (Å²) in [6, 6.07) is 8.77. The van der Waals surface area contributed by atoms with Crippen molar-refractivity contribution in [3.63, 3.8) is 0 Å². The highest BCUT2D eigenvalue weighted by atomic mass is 16.4. The van der Waals surface area contributed by atoms with Crippen molar-refractivity contribution in [2.45, 2.75) is 63.5 Å². The summed E-state index contributed by atoms with van der Waals surface area (Å²) >= 11 is 0. The van der Waals surface area contributed by atoms with E-state index in [1.54, 1.807) is 0 Å². The lowest BCUT2D eigenvalue weighted by Crippen LogP contribution is -2.52. The molecule has 2 amide bonds. The van der Waals surface area contributed by atoms with Crippen LogP contribution in [0.5, 0.6) is 0 Å². The Morgan fingerprint density at radius 1 is 1.13 bits per heavy atom. The van der Waals surface area contributed by atoms with Gasteiger partial charge in [0.05, 0.1) is 0 Å². The van der Waals surface area contributed by atoms with Gasteiger partial charge in [-0.1, -0.05) is 29.8 Å². The zero-order valence-corrected chi connectivity index (χ0v) is 18.6. The monoisotopic (exact) mass is 417 g/mol. The van der Waals surface area contributed by atoms with E-state index < -0.39 is 5.97 Å². The zero-order valence-electron chi connectivity index (χ0n) is 18.6. The normalized spacial score (nSPS) is 21.3. The summed E-state index contributed by atoms with van der Waals surface area (Å²) in [6.07, 6.45) is 4.91. The third-order valence-corrected chi connectivity index (χ3v) is 6.21. The van der Waals surface area contributed by atoms with Gasteiger partial charge in [0.25, 0.3) is 0 Å². The number of hydrogen-bond donors (Lipinski definition) is 2. The Morgan fingerprint density at radius 2 is 1.80 bits per heavy atom. The fourth-order valence-corrected chi connectivity index (χ4v) is 4.29. The second-order valence-corrected chi connectivity index (χ2v) is 8.77. The maximum atomic E-state index is 12.3. The fraction of sp³-hybridized carbons (Fsp3) is 0.609. The summed E-state index contributed by atoms with van der Waals surface area (Å²) in [6.45, 7) is 1.76. The van der Waals surface area contributed by atoms with Gasteiger partial charge in [0.2, 0.25) is 11.8 Å². The molecule has 0 aromatic heterocycles. The van der Waals surface area contributed by atoms with Crippen molar-refractivity contribution >= 4 is 17.8 Å². The average molecular weight is 418 g/mol. The highest BCUT2D eigenvalue weighted by Gasteiger charge is 2.37. The minimum atomic E-state index is -1.06. The lowest BCUT2D eigenvalue weighted by Gasteiger charge is -2.45. The van der Waals surface area contributed by atoms with E-state index in [1.165, 1.54) is 18.2 Å². The molecule has 0 saturated heterocycles. The molecule has 1 aromatic carbocycles. The molecule has 0 aliphatic heterocycles. The fourth-order valence-electron chi connectivity index (χ4n) is 4.29. The number of nitrogens with zero attached hydrogens (tertiary/aromatic N) is 2. The van der Waals surface area contributed by atoms with Gasteiger partial charge in [0.1, 0.15) is 6.54 Å². The van der Waals surface area contributed by atoms with E-state index >= 15 is 0 Å². The maximum absolute atomic E-state index is 12.3. The van der Waals surface area contributed by atoms with Crippen LogP contribution in [0.3, 0.4) is 0 Å². The number of nitrogens with one attached hydrogen (secondary N) is 1. The Hall–Kier alpha value is -2.41. The SMILES string of the molecule is Cc1cccc(CC2(N(C)C)CCC(NC(=O)CCC(=O)N(C)CC(=O)O)CC2)c1. The van der Waals surface area contributed by atoms with Crippen LogP contribution in [0, 0.1) is 6.92 Å². The maximum Gasteiger partial charge on any atom is 0.323 e. The predicted octanol–water partition coefficient (Wildman–Crippen LogP) is 2.22. The van der Waals surface area contributed by atoms with Crippen LogP contribution in [-0.2, 0) is 20.8 Å². The smallest absolute Gasteiger partial charge is 0.323 e. The molecule has 30 heavy (non-hydrogen) atoms. The third-order valence-electron chi connectivity index (χ3n) is 6.21. The summed E-state index contributed by atoms with van der Waals surface area (Å²) in [5.74, 6) is -1.54. The zero-order chi connectivity index (χ0) is 22.3. The van der Waals surface area contributed by atoms with Crippen LogP contribution in [0.25, 0.3) is 0 Å². The predicted molar refractivity (Wildman–Crippen MR) is 116 cm³/mol. The number of aryl methyl sites for hydroxylation is 1. The van der Waals surface area contributed by atoms with Crippen molar-refractivity contribution < 1.29 is 19.5 Å². The molecule has 0 bridgehead atoms. The van der Waals surface area contributed by atoms with Gasteiger partial charge in [0, 0.05) is 31.5 Å². The van der Waals surface area contributed by atoms with Crippen LogP contribution in [0.4, 0.5) is 0 Å². The number of carbonyl (C=O) groups excluding carboxylic acids is 2. The molecule has 0 heterocycles. The van der Waals surface area contributed by atoms with E-state index in [2.05, 4.69) is 55.5 Å². The molecule has 1 saturated carbocycles. The second-order valence-electron chi connectivity index (χ2n) is 8.77. The van der Waals surface area contributed by atoms with Crippen LogP contribution in [0.15, 0.2) is 24.3 Å². The number of hydrogen-bond acceptors (Lipinski definition) is 4. The van der Waals surface area contributed by atoms with E-state index in [1.807, 2.05) is 0 Å². The quantitative estimate of drug-likeness (QED) is 0.643. The summed E-state index contributed by atoms with van der Waals surface area (Å²) < 4.78 is 0. The highest BCUT2D eigenvalue weighted by Crippen LogP contribution is 2.35. The van der Waals surface area contributed by atoms with E-state index in [-0.39, 0.29) is 42.8 Å². The molecule has 0 spiro atoms. The Balaban J connectivity index is 1.84. The van der Waals surface area contributed by atoms with Gasteiger partial charge in [-0.05, 0) is 58.7 Å². The van der Waals surface area contributed by atoms with Crippen molar-refractivity contribution in [1.29, 1.82) is 0 Å². The number of benzene rings is 1. The van der Waals surface area contributed by atoms with Crippen molar-refractivity contribution in [2.75, 3.05) is 27.7 Å². The molecule has 1 aliphatic carbocycles. The Bertz CT molecular complexity index is 755. The number of rotatable bonds is 9. The van der Waals surface area contributed by atoms with Gasteiger partial charge in [0.15, 0.2) is 0 Å². The first-order valence-electron chi connectivity index (χ1n) is 10.6.